The fourth-order valence-corrected chi connectivity index (χ4v) is 2.53. The summed E-state index contributed by atoms with van der Waals surface area (Å²) in [5, 5.41) is 0. The van der Waals surface area contributed by atoms with Crippen LogP contribution >= 0.6 is 0 Å². The largest absolute Gasteiger partial charge is 0.496 e. The number of ether oxygens (including phenoxy) is 3. The summed E-state index contributed by atoms with van der Waals surface area (Å²) in [7, 11) is 4.24. The maximum Gasteiger partial charge on any atom is 0.360 e. The van der Waals surface area contributed by atoms with Gasteiger partial charge in [-0.25, -0.2) is 9.78 Å². The van der Waals surface area contributed by atoms with Crippen LogP contribution in [0.3, 0.4) is 0 Å². The van der Waals surface area contributed by atoms with Crippen molar-refractivity contribution < 1.29 is 28.2 Å². The zero-order valence-corrected chi connectivity index (χ0v) is 16.4. The van der Waals surface area contributed by atoms with Gasteiger partial charge in [-0.3, -0.25) is 4.79 Å². The van der Waals surface area contributed by atoms with Crippen LogP contribution in [-0.2, 0) is 11.3 Å². The van der Waals surface area contributed by atoms with E-state index in [1.165, 1.54) is 27.6 Å². The molecule has 0 fully saturated rings. The fraction of sp³-hybridized carbons (Fsp3) is 0.421. The number of hydrogen-bond acceptors (Lipinski definition) is 7. The number of aromatic nitrogens is 1. The first kappa shape index (κ1) is 20.3. The molecule has 0 aliphatic carbocycles. The second-order valence-corrected chi connectivity index (χ2v) is 6.72. The molecule has 1 heterocycles. The maximum absolute atomic E-state index is 13.4. The molecule has 2 aromatic rings. The summed E-state index contributed by atoms with van der Waals surface area (Å²) in [6.07, 6.45) is 1.20. The van der Waals surface area contributed by atoms with Crippen LogP contribution in [0.2, 0.25) is 0 Å². The highest BCUT2D eigenvalue weighted by Gasteiger charge is 2.32. The number of esters is 1. The average molecular weight is 376 g/mol. The van der Waals surface area contributed by atoms with Crippen LogP contribution in [0.5, 0.6) is 11.5 Å². The van der Waals surface area contributed by atoms with Crippen molar-refractivity contribution in [1.82, 2.24) is 9.88 Å². The molecule has 0 aliphatic heterocycles. The number of oxazole rings is 1. The Hall–Kier alpha value is -3.03. The first-order valence-electron chi connectivity index (χ1n) is 8.28. The maximum atomic E-state index is 13.4. The van der Waals surface area contributed by atoms with E-state index >= 15 is 0 Å². The molecule has 0 atom stereocenters. The zero-order chi connectivity index (χ0) is 20.2. The summed E-state index contributed by atoms with van der Waals surface area (Å²) in [6.45, 7) is 5.71. The summed E-state index contributed by atoms with van der Waals surface area (Å²) in [4.78, 5) is 30.6. The third kappa shape index (κ3) is 4.39. The van der Waals surface area contributed by atoms with Crippen molar-refractivity contribution >= 4 is 11.9 Å². The second kappa shape index (κ2) is 8.11. The normalized spacial score (nSPS) is 11.0. The predicted octanol–water partition coefficient (Wildman–Crippen LogP) is 2.92. The molecule has 8 nitrogen and oxygen atoms in total. The van der Waals surface area contributed by atoms with E-state index in [1.807, 2.05) is 20.8 Å². The Labute approximate surface area is 158 Å². The van der Waals surface area contributed by atoms with Gasteiger partial charge < -0.3 is 23.5 Å². The third-order valence-corrected chi connectivity index (χ3v) is 3.94. The first-order valence-corrected chi connectivity index (χ1v) is 8.28. The van der Waals surface area contributed by atoms with Gasteiger partial charge in [-0.1, -0.05) is 6.07 Å². The van der Waals surface area contributed by atoms with Crippen molar-refractivity contribution in [2.45, 2.75) is 32.9 Å². The van der Waals surface area contributed by atoms with Crippen molar-refractivity contribution in [2.75, 3.05) is 21.3 Å². The summed E-state index contributed by atoms with van der Waals surface area (Å²) >= 11 is 0. The van der Waals surface area contributed by atoms with Crippen molar-refractivity contribution in [3.63, 3.8) is 0 Å². The lowest BCUT2D eigenvalue weighted by atomic mass is 10.0. The molecule has 1 aromatic carbocycles. The minimum Gasteiger partial charge on any atom is -0.496 e. The Kier molecular flexibility index (Phi) is 6.09. The lowest BCUT2D eigenvalue weighted by molar-refractivity contribution is 0.0526. The van der Waals surface area contributed by atoms with Crippen LogP contribution in [-0.4, -0.2) is 48.6 Å². The van der Waals surface area contributed by atoms with Gasteiger partial charge in [-0.2, -0.15) is 0 Å². The molecule has 0 saturated carbocycles. The Morgan fingerprint density at radius 3 is 2.19 bits per heavy atom. The van der Waals surface area contributed by atoms with Crippen molar-refractivity contribution in [3.8, 4) is 11.5 Å². The summed E-state index contributed by atoms with van der Waals surface area (Å²) in [6, 6.07) is 5.13. The monoisotopic (exact) mass is 376 g/mol. The molecule has 146 valence electrons. The Balaban J connectivity index is 2.42. The number of carbonyl (C=O) groups excluding carboxylic acids is 2. The summed E-state index contributed by atoms with van der Waals surface area (Å²) in [5.41, 5.74) is -0.219. The van der Waals surface area contributed by atoms with Gasteiger partial charge in [0.05, 0.1) is 27.9 Å². The summed E-state index contributed by atoms with van der Waals surface area (Å²) < 4.78 is 20.7. The lowest BCUT2D eigenvalue weighted by Gasteiger charge is -2.35. The van der Waals surface area contributed by atoms with Gasteiger partial charge >= 0.3 is 5.97 Å². The molecular weight excluding hydrogens is 352 g/mol. The first-order chi connectivity index (χ1) is 12.7. The van der Waals surface area contributed by atoms with E-state index in [4.69, 9.17) is 13.9 Å². The van der Waals surface area contributed by atoms with E-state index in [-0.39, 0.29) is 24.0 Å². The highest BCUT2D eigenvalue weighted by Crippen LogP contribution is 2.32. The smallest absolute Gasteiger partial charge is 0.360 e. The van der Waals surface area contributed by atoms with Gasteiger partial charge in [-0.15, -0.1) is 0 Å². The van der Waals surface area contributed by atoms with E-state index in [1.54, 1.807) is 23.1 Å². The molecule has 27 heavy (non-hydrogen) atoms. The Morgan fingerprint density at radius 1 is 1.11 bits per heavy atom. The van der Waals surface area contributed by atoms with Gasteiger partial charge in [0.1, 0.15) is 23.3 Å². The topological polar surface area (TPSA) is 91.1 Å². The SMILES string of the molecule is COC(=O)c1coc(CN(C(=O)c2c(OC)cccc2OC)C(C)(C)C)n1. The number of rotatable bonds is 6. The van der Waals surface area contributed by atoms with E-state index in [9.17, 15) is 9.59 Å². The van der Waals surface area contributed by atoms with Crippen LogP contribution in [0.15, 0.2) is 28.9 Å². The minimum atomic E-state index is -0.606. The lowest BCUT2D eigenvalue weighted by Crippen LogP contribution is -2.45. The molecular formula is C19H24N2O6. The number of amides is 1. The van der Waals surface area contributed by atoms with E-state index in [0.29, 0.717) is 17.1 Å². The van der Waals surface area contributed by atoms with Gasteiger partial charge in [0.25, 0.3) is 5.91 Å². The van der Waals surface area contributed by atoms with E-state index < -0.39 is 11.5 Å². The molecule has 0 unspecified atom stereocenters. The van der Waals surface area contributed by atoms with Crippen molar-refractivity contribution in [3.05, 3.63) is 41.6 Å². The molecule has 0 saturated heterocycles. The van der Waals surface area contributed by atoms with Crippen LogP contribution in [0.4, 0.5) is 0 Å². The van der Waals surface area contributed by atoms with E-state index in [0.717, 1.165) is 0 Å². The molecule has 1 aromatic heterocycles. The molecule has 0 N–H and O–H groups in total. The standard InChI is InChI=1S/C19H24N2O6/c1-19(2,3)21(10-15-20-12(11-27-15)18(23)26-6)17(22)16-13(24-4)8-7-9-14(16)25-5/h7-9,11H,10H2,1-6H3. The molecule has 0 aliphatic rings. The average Bonchev–Trinajstić information content (AvgIpc) is 3.12. The van der Waals surface area contributed by atoms with Gasteiger partial charge in [0.2, 0.25) is 5.89 Å². The highest BCUT2D eigenvalue weighted by atomic mass is 16.5. The third-order valence-electron chi connectivity index (χ3n) is 3.94. The van der Waals surface area contributed by atoms with Gasteiger partial charge in [0.15, 0.2) is 5.69 Å². The molecule has 0 radical (unpaired) electrons. The Morgan fingerprint density at radius 2 is 1.70 bits per heavy atom. The van der Waals surface area contributed by atoms with Crippen molar-refractivity contribution in [2.24, 2.45) is 0 Å². The van der Waals surface area contributed by atoms with E-state index in [2.05, 4.69) is 9.72 Å². The fourth-order valence-electron chi connectivity index (χ4n) is 2.53. The van der Waals surface area contributed by atoms with Crippen LogP contribution in [0.25, 0.3) is 0 Å². The number of carbonyl (C=O) groups is 2. The second-order valence-electron chi connectivity index (χ2n) is 6.72. The zero-order valence-electron chi connectivity index (χ0n) is 16.4. The molecule has 1 amide bonds. The molecule has 2 rings (SSSR count). The van der Waals surface area contributed by atoms with Crippen molar-refractivity contribution in [1.29, 1.82) is 0 Å². The number of methoxy groups -OCH3 is 3. The van der Waals surface area contributed by atoms with Gasteiger partial charge in [-0.05, 0) is 32.9 Å². The van der Waals surface area contributed by atoms with Gasteiger partial charge in [0, 0.05) is 5.54 Å². The Bertz CT molecular complexity index is 800. The molecule has 8 heteroatoms. The highest BCUT2D eigenvalue weighted by molar-refractivity contribution is 6.00. The minimum absolute atomic E-state index is 0.0451. The van der Waals surface area contributed by atoms with Crippen LogP contribution < -0.4 is 9.47 Å². The quantitative estimate of drug-likeness (QED) is 0.716. The molecule has 0 spiro atoms. The van der Waals surface area contributed by atoms with Crippen LogP contribution in [0, 0.1) is 0 Å². The number of benzene rings is 1. The number of hydrogen-bond donors (Lipinski definition) is 0. The number of nitrogens with zero attached hydrogens (tertiary/aromatic N) is 2. The predicted molar refractivity (Wildman–Crippen MR) is 97.0 cm³/mol. The molecule has 0 bridgehead atoms. The summed E-state index contributed by atoms with van der Waals surface area (Å²) in [5.74, 6) is 0.0969. The van der Waals surface area contributed by atoms with Crippen LogP contribution in [0.1, 0.15) is 47.5 Å².